The average Bonchev–Trinajstić information content (AvgIpc) is 1.84. The minimum absolute atomic E-state index is 0.177. The van der Waals surface area contributed by atoms with Gasteiger partial charge in [-0.3, -0.25) is 4.79 Å². The maximum absolute atomic E-state index is 11.2. The van der Waals surface area contributed by atoms with Gasteiger partial charge < -0.3 is 5.11 Å². The van der Waals surface area contributed by atoms with Crippen molar-refractivity contribution in [1.29, 1.82) is 0 Å². The van der Waals surface area contributed by atoms with Gasteiger partial charge in [-0.1, -0.05) is 19.8 Å². The molecule has 0 saturated carbocycles. The normalized spacial score (nSPS) is 11.7. The molecule has 0 amide bonds. The molecular weight excluding hydrogens is 152 g/mol. The second kappa shape index (κ2) is 5.31. The lowest BCUT2D eigenvalue weighted by Gasteiger charge is -2.15. The quantitative estimate of drug-likeness (QED) is 0.624. The van der Waals surface area contributed by atoms with E-state index in [9.17, 15) is 9.90 Å². The van der Waals surface area contributed by atoms with Gasteiger partial charge in [0, 0.05) is 12.8 Å². The maximum atomic E-state index is 11.2. The second-order valence-corrected chi connectivity index (χ2v) is 3.98. The van der Waals surface area contributed by atoms with Crippen molar-refractivity contribution < 1.29 is 9.90 Å². The molecule has 12 heavy (non-hydrogen) atoms. The Morgan fingerprint density at radius 1 is 1.33 bits per heavy atom. The van der Waals surface area contributed by atoms with Gasteiger partial charge in [-0.15, -0.1) is 0 Å². The molecule has 72 valence electrons. The van der Waals surface area contributed by atoms with E-state index in [-0.39, 0.29) is 12.2 Å². The average molecular weight is 172 g/mol. The minimum atomic E-state index is -0.830. The van der Waals surface area contributed by atoms with E-state index in [0.29, 0.717) is 6.42 Å². The van der Waals surface area contributed by atoms with Crippen LogP contribution in [0.5, 0.6) is 0 Å². The van der Waals surface area contributed by atoms with Gasteiger partial charge in [0.1, 0.15) is 5.78 Å². The molecule has 0 heterocycles. The Bertz CT molecular complexity index is 133. The predicted octanol–water partition coefficient (Wildman–Crippen LogP) is 2.30. The summed E-state index contributed by atoms with van der Waals surface area (Å²) in [5, 5.41) is 9.32. The van der Waals surface area contributed by atoms with Crippen LogP contribution in [-0.2, 0) is 4.79 Å². The third kappa shape index (κ3) is 7.73. The molecule has 0 radical (unpaired) electrons. The molecule has 0 unspecified atom stereocenters. The summed E-state index contributed by atoms with van der Waals surface area (Å²) < 4.78 is 0. The zero-order valence-corrected chi connectivity index (χ0v) is 8.39. The highest BCUT2D eigenvalue weighted by atomic mass is 16.3. The molecule has 0 aromatic rings. The number of Topliss-reactive ketones (excluding diaryl/α,β-unsaturated/α-hetero) is 1. The first-order chi connectivity index (χ1) is 5.45. The topological polar surface area (TPSA) is 37.3 Å². The summed E-state index contributed by atoms with van der Waals surface area (Å²) in [5.74, 6) is 0.177. The molecule has 0 aliphatic carbocycles. The molecule has 0 aromatic carbocycles. The van der Waals surface area contributed by atoms with Crippen LogP contribution in [0.3, 0.4) is 0 Å². The fourth-order valence-corrected chi connectivity index (χ4v) is 1.14. The lowest BCUT2D eigenvalue weighted by atomic mass is 9.99. The molecule has 0 spiro atoms. The zero-order valence-electron chi connectivity index (χ0n) is 8.39. The number of unbranched alkanes of at least 4 members (excludes halogenated alkanes) is 2. The molecule has 0 fully saturated rings. The summed E-state index contributed by atoms with van der Waals surface area (Å²) in [6, 6.07) is 0. The van der Waals surface area contributed by atoms with Crippen molar-refractivity contribution >= 4 is 5.78 Å². The van der Waals surface area contributed by atoms with Crippen molar-refractivity contribution in [2.45, 2.75) is 58.5 Å². The SMILES string of the molecule is CCCCCC(=O)CC(C)(C)O. The smallest absolute Gasteiger partial charge is 0.135 e. The third-order valence-corrected chi connectivity index (χ3v) is 1.69. The lowest BCUT2D eigenvalue weighted by molar-refractivity contribution is -0.122. The number of ketones is 1. The second-order valence-electron chi connectivity index (χ2n) is 3.98. The summed E-state index contributed by atoms with van der Waals surface area (Å²) in [5.41, 5.74) is -0.830. The highest BCUT2D eigenvalue weighted by Gasteiger charge is 2.16. The van der Waals surface area contributed by atoms with Crippen LogP contribution in [0, 0.1) is 0 Å². The maximum Gasteiger partial charge on any atom is 0.135 e. The molecule has 2 heteroatoms. The zero-order chi connectivity index (χ0) is 9.61. The Kier molecular flexibility index (Phi) is 5.14. The van der Waals surface area contributed by atoms with Gasteiger partial charge in [-0.05, 0) is 20.3 Å². The molecule has 0 saturated heterocycles. The molecule has 0 bridgehead atoms. The van der Waals surface area contributed by atoms with E-state index in [2.05, 4.69) is 6.92 Å². The third-order valence-electron chi connectivity index (χ3n) is 1.69. The Balaban J connectivity index is 3.47. The molecule has 1 N–H and O–H groups in total. The van der Waals surface area contributed by atoms with Crippen LogP contribution >= 0.6 is 0 Å². The van der Waals surface area contributed by atoms with E-state index in [4.69, 9.17) is 0 Å². The minimum Gasteiger partial charge on any atom is -0.390 e. The molecular formula is C10H20O2. The van der Waals surface area contributed by atoms with Crippen LogP contribution < -0.4 is 0 Å². The van der Waals surface area contributed by atoms with E-state index in [1.165, 1.54) is 0 Å². The lowest BCUT2D eigenvalue weighted by Crippen LogP contribution is -2.23. The van der Waals surface area contributed by atoms with Crippen molar-refractivity contribution in [2.75, 3.05) is 0 Å². The fraction of sp³-hybridized carbons (Fsp3) is 0.900. The molecule has 0 rings (SSSR count). The Morgan fingerprint density at radius 2 is 1.92 bits per heavy atom. The molecule has 0 atom stereocenters. The highest BCUT2D eigenvalue weighted by Crippen LogP contribution is 2.11. The van der Waals surface area contributed by atoms with E-state index in [0.717, 1.165) is 19.3 Å². The van der Waals surface area contributed by atoms with E-state index in [1.807, 2.05) is 0 Å². The van der Waals surface area contributed by atoms with Crippen LogP contribution in [0.25, 0.3) is 0 Å². The standard InChI is InChI=1S/C10H20O2/c1-4-5-6-7-9(11)8-10(2,3)12/h12H,4-8H2,1-3H3. The van der Waals surface area contributed by atoms with E-state index < -0.39 is 5.60 Å². The Labute approximate surface area is 75.0 Å². The van der Waals surface area contributed by atoms with Gasteiger partial charge in [-0.2, -0.15) is 0 Å². The van der Waals surface area contributed by atoms with Crippen LogP contribution in [0.2, 0.25) is 0 Å². The number of rotatable bonds is 6. The van der Waals surface area contributed by atoms with Crippen LogP contribution in [0.1, 0.15) is 52.9 Å². The number of hydrogen-bond acceptors (Lipinski definition) is 2. The van der Waals surface area contributed by atoms with Crippen LogP contribution in [-0.4, -0.2) is 16.5 Å². The van der Waals surface area contributed by atoms with Crippen molar-refractivity contribution in [1.82, 2.24) is 0 Å². The first-order valence-electron chi connectivity index (χ1n) is 4.70. The van der Waals surface area contributed by atoms with Gasteiger partial charge in [0.05, 0.1) is 5.60 Å². The van der Waals surface area contributed by atoms with E-state index >= 15 is 0 Å². The molecule has 2 nitrogen and oxygen atoms in total. The summed E-state index contributed by atoms with van der Waals surface area (Å²) in [6.45, 7) is 5.45. The van der Waals surface area contributed by atoms with E-state index in [1.54, 1.807) is 13.8 Å². The summed E-state index contributed by atoms with van der Waals surface area (Å²) in [7, 11) is 0. The molecule has 0 aliphatic heterocycles. The summed E-state index contributed by atoms with van der Waals surface area (Å²) in [6.07, 6.45) is 4.12. The summed E-state index contributed by atoms with van der Waals surface area (Å²) in [4.78, 5) is 11.2. The van der Waals surface area contributed by atoms with Crippen molar-refractivity contribution in [3.63, 3.8) is 0 Å². The van der Waals surface area contributed by atoms with Gasteiger partial charge >= 0.3 is 0 Å². The number of hydrogen-bond donors (Lipinski definition) is 1. The van der Waals surface area contributed by atoms with Crippen LogP contribution in [0.15, 0.2) is 0 Å². The van der Waals surface area contributed by atoms with Crippen molar-refractivity contribution in [2.24, 2.45) is 0 Å². The molecule has 0 aromatic heterocycles. The summed E-state index contributed by atoms with van der Waals surface area (Å²) >= 11 is 0. The van der Waals surface area contributed by atoms with Gasteiger partial charge in [0.15, 0.2) is 0 Å². The van der Waals surface area contributed by atoms with Gasteiger partial charge in [0.25, 0.3) is 0 Å². The highest BCUT2D eigenvalue weighted by molar-refractivity contribution is 5.79. The van der Waals surface area contributed by atoms with Gasteiger partial charge in [-0.25, -0.2) is 0 Å². The van der Waals surface area contributed by atoms with Crippen molar-refractivity contribution in [3.05, 3.63) is 0 Å². The Morgan fingerprint density at radius 3 is 2.33 bits per heavy atom. The number of aliphatic hydroxyl groups is 1. The van der Waals surface area contributed by atoms with Crippen molar-refractivity contribution in [3.8, 4) is 0 Å². The Hall–Kier alpha value is -0.370. The largest absolute Gasteiger partial charge is 0.390 e. The molecule has 0 aliphatic rings. The van der Waals surface area contributed by atoms with Gasteiger partial charge in [0.2, 0.25) is 0 Å². The number of carbonyl (C=O) groups is 1. The predicted molar refractivity (Wildman–Crippen MR) is 50.1 cm³/mol. The monoisotopic (exact) mass is 172 g/mol. The fourth-order valence-electron chi connectivity index (χ4n) is 1.14. The van der Waals surface area contributed by atoms with Crippen LogP contribution in [0.4, 0.5) is 0 Å². The number of carbonyl (C=O) groups excluding carboxylic acids is 1. The first kappa shape index (κ1) is 11.6. The first-order valence-corrected chi connectivity index (χ1v) is 4.70.